The van der Waals surface area contributed by atoms with E-state index >= 15 is 0 Å². The molecule has 0 aliphatic carbocycles. The number of hydrogen-bond donors (Lipinski definition) is 1. The molecule has 0 radical (unpaired) electrons. The summed E-state index contributed by atoms with van der Waals surface area (Å²) < 4.78 is 27.6. The minimum Gasteiger partial charge on any atom is -0.354 e. The lowest BCUT2D eigenvalue weighted by atomic mass is 10.0. The fraction of sp³-hybridized carbons (Fsp3) is 0.522. The Balaban J connectivity index is 1.61. The van der Waals surface area contributed by atoms with E-state index in [4.69, 9.17) is 0 Å². The molecule has 0 spiro atoms. The Morgan fingerprint density at radius 2 is 1.74 bits per heavy atom. The molecule has 2 aromatic rings. The highest BCUT2D eigenvalue weighted by Gasteiger charge is 2.27. The summed E-state index contributed by atoms with van der Waals surface area (Å²) in [7, 11) is -3.44. The summed E-state index contributed by atoms with van der Waals surface area (Å²) in [6.07, 6.45) is 3.10. The molecule has 1 N–H and O–H groups in total. The Labute approximate surface area is 190 Å². The van der Waals surface area contributed by atoms with Gasteiger partial charge in [-0.2, -0.15) is 4.31 Å². The van der Waals surface area contributed by atoms with Crippen molar-refractivity contribution in [3.05, 3.63) is 52.9 Å². The van der Waals surface area contributed by atoms with Crippen LogP contribution in [0.2, 0.25) is 0 Å². The average molecular weight is 464 g/mol. The standard InChI is InChI=1S/C23H33N3O3S2/c1-3-25(4-2)21(19-11-7-5-8-12-19)18-24-22(27)17-20-13-14-23(30-20)31(28,29)26-15-9-6-10-16-26/h5,7-8,11-14,21H,3-4,6,9-10,15-18H2,1-2H3,(H,24,27). The largest absolute Gasteiger partial charge is 0.354 e. The number of thiophene rings is 1. The zero-order chi connectivity index (χ0) is 22.3. The molecule has 1 amide bonds. The van der Waals surface area contributed by atoms with Gasteiger partial charge in [-0.25, -0.2) is 8.42 Å². The van der Waals surface area contributed by atoms with Gasteiger partial charge in [0, 0.05) is 24.5 Å². The fourth-order valence-electron chi connectivity index (χ4n) is 4.05. The molecular formula is C23H33N3O3S2. The van der Waals surface area contributed by atoms with Crippen LogP contribution in [-0.2, 0) is 21.2 Å². The molecule has 31 heavy (non-hydrogen) atoms. The van der Waals surface area contributed by atoms with Gasteiger partial charge in [0.15, 0.2) is 0 Å². The van der Waals surface area contributed by atoms with Crippen LogP contribution >= 0.6 is 11.3 Å². The van der Waals surface area contributed by atoms with Gasteiger partial charge in [0.05, 0.1) is 12.5 Å². The molecule has 1 fully saturated rings. The molecule has 1 aliphatic rings. The Morgan fingerprint density at radius 1 is 1.06 bits per heavy atom. The summed E-state index contributed by atoms with van der Waals surface area (Å²) in [6.45, 7) is 7.73. The molecule has 1 aromatic carbocycles. The lowest BCUT2D eigenvalue weighted by molar-refractivity contribution is -0.120. The van der Waals surface area contributed by atoms with Gasteiger partial charge in [0.2, 0.25) is 5.91 Å². The molecular weight excluding hydrogens is 430 g/mol. The molecule has 1 atom stereocenters. The number of likely N-dealkylation sites (N-methyl/N-ethyl adjacent to an activating group) is 1. The molecule has 0 saturated carbocycles. The SMILES string of the molecule is CCN(CC)C(CNC(=O)Cc1ccc(S(=O)(=O)N2CCCCC2)s1)c1ccccc1. The number of sulfonamides is 1. The van der Waals surface area contributed by atoms with E-state index in [0.29, 0.717) is 23.8 Å². The highest BCUT2D eigenvalue weighted by atomic mass is 32.2. The summed E-state index contributed by atoms with van der Waals surface area (Å²) in [4.78, 5) is 15.7. The summed E-state index contributed by atoms with van der Waals surface area (Å²) in [5.74, 6) is -0.0862. The molecule has 6 nitrogen and oxygen atoms in total. The molecule has 3 rings (SSSR count). The van der Waals surface area contributed by atoms with Gasteiger partial charge in [-0.15, -0.1) is 11.3 Å². The highest BCUT2D eigenvalue weighted by Crippen LogP contribution is 2.27. The maximum atomic E-state index is 12.8. The number of rotatable bonds is 10. The van der Waals surface area contributed by atoms with Crippen molar-refractivity contribution in [2.24, 2.45) is 0 Å². The normalized spacial score (nSPS) is 16.4. The highest BCUT2D eigenvalue weighted by molar-refractivity contribution is 7.91. The second-order valence-electron chi connectivity index (χ2n) is 7.81. The number of amides is 1. The maximum absolute atomic E-state index is 12.8. The number of benzene rings is 1. The minimum atomic E-state index is -3.44. The van der Waals surface area contributed by atoms with E-state index in [1.165, 1.54) is 16.9 Å². The quantitative estimate of drug-likeness (QED) is 0.584. The Morgan fingerprint density at radius 3 is 2.39 bits per heavy atom. The number of nitrogens with one attached hydrogen (secondary N) is 1. The van der Waals surface area contributed by atoms with Crippen LogP contribution in [0.4, 0.5) is 0 Å². The maximum Gasteiger partial charge on any atom is 0.252 e. The lowest BCUT2D eigenvalue weighted by Crippen LogP contribution is -2.38. The van der Waals surface area contributed by atoms with E-state index in [0.717, 1.165) is 37.2 Å². The van der Waals surface area contributed by atoms with Crippen LogP contribution in [0.15, 0.2) is 46.7 Å². The number of piperidine rings is 1. The van der Waals surface area contributed by atoms with Gasteiger partial charge in [0.1, 0.15) is 4.21 Å². The van der Waals surface area contributed by atoms with Crippen molar-refractivity contribution >= 4 is 27.3 Å². The minimum absolute atomic E-state index is 0.0862. The van der Waals surface area contributed by atoms with E-state index < -0.39 is 10.0 Å². The molecule has 1 unspecified atom stereocenters. The molecule has 170 valence electrons. The fourth-order valence-corrected chi connectivity index (χ4v) is 7.08. The van der Waals surface area contributed by atoms with Gasteiger partial charge in [-0.3, -0.25) is 9.69 Å². The molecule has 1 saturated heterocycles. The van der Waals surface area contributed by atoms with Crippen molar-refractivity contribution in [3.8, 4) is 0 Å². The second-order valence-corrected chi connectivity index (χ2v) is 11.1. The van der Waals surface area contributed by atoms with E-state index in [1.54, 1.807) is 16.4 Å². The third-order valence-electron chi connectivity index (χ3n) is 5.81. The smallest absolute Gasteiger partial charge is 0.252 e. The van der Waals surface area contributed by atoms with Crippen LogP contribution < -0.4 is 5.32 Å². The first-order valence-corrected chi connectivity index (χ1v) is 13.4. The van der Waals surface area contributed by atoms with E-state index in [1.807, 2.05) is 18.2 Å². The summed E-state index contributed by atoms with van der Waals surface area (Å²) >= 11 is 1.21. The van der Waals surface area contributed by atoms with Crippen molar-refractivity contribution in [2.75, 3.05) is 32.7 Å². The molecule has 1 aliphatic heterocycles. The lowest BCUT2D eigenvalue weighted by Gasteiger charge is -2.30. The zero-order valence-corrected chi connectivity index (χ0v) is 20.1. The molecule has 8 heteroatoms. The van der Waals surface area contributed by atoms with Crippen LogP contribution in [0.1, 0.15) is 49.6 Å². The Bertz CT molecular complexity index is 934. The van der Waals surface area contributed by atoms with Gasteiger partial charge >= 0.3 is 0 Å². The van der Waals surface area contributed by atoms with Crippen molar-refractivity contribution in [2.45, 2.75) is 49.8 Å². The predicted octanol–water partition coefficient (Wildman–Crippen LogP) is 3.66. The van der Waals surface area contributed by atoms with Gasteiger partial charge in [0.25, 0.3) is 10.0 Å². The first-order valence-electron chi connectivity index (χ1n) is 11.1. The van der Waals surface area contributed by atoms with Crippen molar-refractivity contribution in [1.82, 2.24) is 14.5 Å². The summed E-state index contributed by atoms with van der Waals surface area (Å²) in [6, 6.07) is 13.7. The van der Waals surface area contributed by atoms with E-state index in [-0.39, 0.29) is 18.4 Å². The summed E-state index contributed by atoms with van der Waals surface area (Å²) in [5, 5.41) is 3.06. The first kappa shape index (κ1) is 23.9. The average Bonchev–Trinajstić information content (AvgIpc) is 3.27. The third-order valence-corrected chi connectivity index (χ3v) is 9.26. The number of carbonyl (C=O) groups is 1. The van der Waals surface area contributed by atoms with Crippen LogP contribution in [0, 0.1) is 0 Å². The monoisotopic (exact) mass is 463 g/mol. The molecule has 1 aromatic heterocycles. The topological polar surface area (TPSA) is 69.7 Å². The van der Waals surface area contributed by atoms with Gasteiger partial charge in [-0.05, 0) is 43.6 Å². The third kappa shape index (κ3) is 6.16. The summed E-state index contributed by atoms with van der Waals surface area (Å²) in [5.41, 5.74) is 1.18. The van der Waals surface area contributed by atoms with Gasteiger partial charge < -0.3 is 5.32 Å². The van der Waals surface area contributed by atoms with Crippen LogP contribution in [0.3, 0.4) is 0 Å². The van der Waals surface area contributed by atoms with Crippen LogP contribution in [-0.4, -0.2) is 56.3 Å². The van der Waals surface area contributed by atoms with Crippen molar-refractivity contribution in [3.63, 3.8) is 0 Å². The van der Waals surface area contributed by atoms with E-state index in [2.05, 4.69) is 36.2 Å². The first-order chi connectivity index (χ1) is 15.0. The van der Waals surface area contributed by atoms with Crippen molar-refractivity contribution < 1.29 is 13.2 Å². The Kier molecular flexibility index (Phi) is 8.66. The molecule has 0 bridgehead atoms. The molecule has 2 heterocycles. The zero-order valence-electron chi connectivity index (χ0n) is 18.4. The van der Waals surface area contributed by atoms with Crippen LogP contribution in [0.25, 0.3) is 0 Å². The predicted molar refractivity (Wildman–Crippen MR) is 126 cm³/mol. The van der Waals surface area contributed by atoms with Crippen LogP contribution in [0.5, 0.6) is 0 Å². The second kappa shape index (κ2) is 11.2. The number of carbonyl (C=O) groups excluding carboxylic acids is 1. The van der Waals surface area contributed by atoms with Crippen molar-refractivity contribution in [1.29, 1.82) is 0 Å². The van der Waals surface area contributed by atoms with Gasteiger partial charge in [-0.1, -0.05) is 50.6 Å². The number of nitrogens with zero attached hydrogens (tertiary/aromatic N) is 2. The van der Waals surface area contributed by atoms with E-state index in [9.17, 15) is 13.2 Å². The Hall–Kier alpha value is -1.74. The number of hydrogen-bond acceptors (Lipinski definition) is 5.